The predicted molar refractivity (Wildman–Crippen MR) is 38.8 cm³/mol. The smallest absolute Gasteiger partial charge is 0.304 e. The van der Waals surface area contributed by atoms with Gasteiger partial charge in [0, 0.05) is 5.92 Å². The quantitative estimate of drug-likeness (QED) is 0.465. The Morgan fingerprint density at radius 1 is 1.73 bits per heavy atom. The normalized spacial score (nSPS) is 27.6. The Hall–Kier alpha value is -1.06. The number of nitrogens with zero attached hydrogens (tertiary/aromatic N) is 1. The highest BCUT2D eigenvalue weighted by Crippen LogP contribution is 2.25. The van der Waals surface area contributed by atoms with E-state index in [9.17, 15) is 4.79 Å². The molecule has 1 saturated carbocycles. The van der Waals surface area contributed by atoms with Gasteiger partial charge in [-0.3, -0.25) is 4.79 Å². The standard InChI is InChI=1S/C7H11NO3/c9-7(10)4-5-2-1-3-6(5)8-11/h5,11H,1-4H2,(H,9,10)/b8-6+. The van der Waals surface area contributed by atoms with Crippen LogP contribution in [0.1, 0.15) is 25.7 Å². The van der Waals surface area contributed by atoms with E-state index in [4.69, 9.17) is 10.3 Å². The molecule has 0 spiro atoms. The summed E-state index contributed by atoms with van der Waals surface area (Å²) in [5, 5.41) is 20.0. The van der Waals surface area contributed by atoms with Gasteiger partial charge in [0.1, 0.15) is 0 Å². The molecule has 0 heterocycles. The molecule has 1 rings (SSSR count). The van der Waals surface area contributed by atoms with E-state index in [1.807, 2.05) is 0 Å². The number of aliphatic carboxylic acids is 1. The van der Waals surface area contributed by atoms with Gasteiger partial charge in [-0.15, -0.1) is 0 Å². The van der Waals surface area contributed by atoms with Crippen LogP contribution in [0.15, 0.2) is 5.16 Å². The molecule has 0 radical (unpaired) electrons. The van der Waals surface area contributed by atoms with Crippen LogP contribution < -0.4 is 0 Å². The number of carbonyl (C=O) groups is 1. The minimum absolute atomic E-state index is 0.0301. The molecular formula is C7H11NO3. The lowest BCUT2D eigenvalue weighted by molar-refractivity contribution is -0.137. The van der Waals surface area contributed by atoms with Crippen LogP contribution in [0.5, 0.6) is 0 Å². The molecule has 0 aromatic heterocycles. The van der Waals surface area contributed by atoms with E-state index >= 15 is 0 Å². The van der Waals surface area contributed by atoms with Crippen LogP contribution in [0.3, 0.4) is 0 Å². The van der Waals surface area contributed by atoms with Crippen LogP contribution in [0.2, 0.25) is 0 Å². The van der Waals surface area contributed by atoms with E-state index in [-0.39, 0.29) is 12.3 Å². The molecule has 1 atom stereocenters. The van der Waals surface area contributed by atoms with Gasteiger partial charge < -0.3 is 10.3 Å². The van der Waals surface area contributed by atoms with Crippen molar-refractivity contribution in [2.75, 3.05) is 0 Å². The first-order chi connectivity index (χ1) is 5.24. The Balaban J connectivity index is 2.51. The van der Waals surface area contributed by atoms with Gasteiger partial charge in [0.25, 0.3) is 0 Å². The molecule has 0 aromatic carbocycles. The van der Waals surface area contributed by atoms with Gasteiger partial charge >= 0.3 is 5.97 Å². The van der Waals surface area contributed by atoms with Crippen molar-refractivity contribution in [3.63, 3.8) is 0 Å². The van der Waals surface area contributed by atoms with Gasteiger partial charge in [0.15, 0.2) is 0 Å². The number of rotatable bonds is 2. The lowest BCUT2D eigenvalue weighted by Crippen LogP contribution is -2.12. The largest absolute Gasteiger partial charge is 0.481 e. The summed E-state index contributed by atoms with van der Waals surface area (Å²) < 4.78 is 0. The maximum absolute atomic E-state index is 10.3. The topological polar surface area (TPSA) is 69.9 Å². The molecule has 1 fully saturated rings. The minimum Gasteiger partial charge on any atom is -0.481 e. The van der Waals surface area contributed by atoms with Crippen molar-refractivity contribution in [1.82, 2.24) is 0 Å². The molecule has 0 aliphatic heterocycles. The highest BCUT2D eigenvalue weighted by molar-refractivity contribution is 5.90. The van der Waals surface area contributed by atoms with Crippen molar-refractivity contribution in [1.29, 1.82) is 0 Å². The second kappa shape index (κ2) is 3.37. The van der Waals surface area contributed by atoms with Crippen molar-refractivity contribution in [3.05, 3.63) is 0 Å². The van der Waals surface area contributed by atoms with Crippen LogP contribution >= 0.6 is 0 Å². The summed E-state index contributed by atoms with van der Waals surface area (Å²) in [4.78, 5) is 10.3. The van der Waals surface area contributed by atoms with Crippen molar-refractivity contribution in [2.24, 2.45) is 11.1 Å². The van der Waals surface area contributed by atoms with Crippen LogP contribution in [-0.4, -0.2) is 22.0 Å². The molecule has 1 aliphatic rings. The van der Waals surface area contributed by atoms with E-state index in [1.165, 1.54) is 0 Å². The molecule has 0 amide bonds. The number of hydrogen-bond acceptors (Lipinski definition) is 3. The third kappa shape index (κ3) is 1.93. The maximum atomic E-state index is 10.3. The summed E-state index contributed by atoms with van der Waals surface area (Å²) in [5.41, 5.74) is 0.646. The fraction of sp³-hybridized carbons (Fsp3) is 0.714. The summed E-state index contributed by atoms with van der Waals surface area (Å²) >= 11 is 0. The van der Waals surface area contributed by atoms with Gasteiger partial charge in [-0.05, 0) is 19.3 Å². The Morgan fingerprint density at radius 3 is 3.00 bits per heavy atom. The van der Waals surface area contributed by atoms with Gasteiger partial charge in [0.05, 0.1) is 12.1 Å². The molecule has 62 valence electrons. The minimum atomic E-state index is -0.821. The van der Waals surface area contributed by atoms with Crippen molar-refractivity contribution >= 4 is 11.7 Å². The third-order valence-electron chi connectivity index (χ3n) is 2.01. The average Bonchev–Trinajstić information content (AvgIpc) is 2.34. The number of carboxylic acids is 1. The monoisotopic (exact) mass is 157 g/mol. The van der Waals surface area contributed by atoms with E-state index in [2.05, 4.69) is 5.16 Å². The van der Waals surface area contributed by atoms with Gasteiger partial charge in [-0.25, -0.2) is 0 Å². The lowest BCUT2D eigenvalue weighted by Gasteiger charge is -2.04. The second-order valence-corrected chi connectivity index (χ2v) is 2.78. The summed E-state index contributed by atoms with van der Waals surface area (Å²) in [6.45, 7) is 0. The number of oxime groups is 1. The van der Waals surface area contributed by atoms with Crippen LogP contribution in [0.25, 0.3) is 0 Å². The lowest BCUT2D eigenvalue weighted by atomic mass is 10.0. The predicted octanol–water partition coefficient (Wildman–Crippen LogP) is 1.09. The molecule has 11 heavy (non-hydrogen) atoms. The third-order valence-corrected chi connectivity index (χ3v) is 2.01. The molecule has 0 aromatic rings. The highest BCUT2D eigenvalue weighted by Gasteiger charge is 2.25. The van der Waals surface area contributed by atoms with E-state index in [0.29, 0.717) is 5.71 Å². The average molecular weight is 157 g/mol. The van der Waals surface area contributed by atoms with Gasteiger partial charge in [-0.2, -0.15) is 0 Å². The Kier molecular flexibility index (Phi) is 2.46. The van der Waals surface area contributed by atoms with E-state index in [1.54, 1.807) is 0 Å². The van der Waals surface area contributed by atoms with Crippen LogP contribution in [0.4, 0.5) is 0 Å². The van der Waals surface area contributed by atoms with Crippen molar-refractivity contribution in [2.45, 2.75) is 25.7 Å². The van der Waals surface area contributed by atoms with Crippen LogP contribution in [-0.2, 0) is 4.79 Å². The Bertz CT molecular complexity index is 188. The zero-order chi connectivity index (χ0) is 8.27. The molecule has 1 unspecified atom stereocenters. The molecular weight excluding hydrogens is 146 g/mol. The summed E-state index contributed by atoms with van der Waals surface area (Å²) in [7, 11) is 0. The SMILES string of the molecule is O=C(O)CC1CCC/C1=N\O. The molecule has 4 heteroatoms. The number of carboxylic acid groups (broad SMARTS) is 1. The molecule has 0 saturated heterocycles. The molecule has 2 N–H and O–H groups in total. The van der Waals surface area contributed by atoms with Gasteiger partial charge in [-0.1, -0.05) is 5.16 Å². The van der Waals surface area contributed by atoms with Crippen molar-refractivity contribution < 1.29 is 15.1 Å². The molecule has 4 nitrogen and oxygen atoms in total. The first-order valence-corrected chi connectivity index (χ1v) is 3.66. The van der Waals surface area contributed by atoms with Gasteiger partial charge in [0.2, 0.25) is 0 Å². The Morgan fingerprint density at radius 2 is 2.45 bits per heavy atom. The summed E-state index contributed by atoms with van der Waals surface area (Å²) in [5.74, 6) is -0.851. The number of hydrogen-bond donors (Lipinski definition) is 2. The molecule has 1 aliphatic carbocycles. The van der Waals surface area contributed by atoms with E-state index < -0.39 is 5.97 Å². The van der Waals surface area contributed by atoms with Crippen LogP contribution in [0, 0.1) is 5.92 Å². The van der Waals surface area contributed by atoms with E-state index in [0.717, 1.165) is 19.3 Å². The first-order valence-electron chi connectivity index (χ1n) is 3.66. The summed E-state index contributed by atoms with van der Waals surface area (Å²) in [6, 6.07) is 0. The Labute approximate surface area is 64.5 Å². The zero-order valence-electron chi connectivity index (χ0n) is 6.16. The fourth-order valence-corrected chi connectivity index (χ4v) is 1.46. The molecule has 0 bridgehead atoms. The second-order valence-electron chi connectivity index (χ2n) is 2.78. The maximum Gasteiger partial charge on any atom is 0.304 e. The zero-order valence-corrected chi connectivity index (χ0v) is 6.16. The van der Waals surface area contributed by atoms with Crippen molar-refractivity contribution in [3.8, 4) is 0 Å². The first kappa shape index (κ1) is 8.04. The summed E-state index contributed by atoms with van der Waals surface area (Å²) in [6.07, 6.45) is 2.62. The fourth-order valence-electron chi connectivity index (χ4n) is 1.46. The highest BCUT2D eigenvalue weighted by atomic mass is 16.4.